The van der Waals surface area contributed by atoms with Crippen LogP contribution in [0.15, 0.2) is 69.0 Å². The number of unbranched alkanes of at least 4 members (excludes halogenated alkanes) is 1. The molecule has 0 atom stereocenters. The Bertz CT molecular complexity index is 1450. The minimum Gasteiger partial charge on any atom is -0.486 e. The van der Waals surface area contributed by atoms with Crippen molar-refractivity contribution in [1.82, 2.24) is 9.66 Å². The Labute approximate surface area is 220 Å². The Balaban J connectivity index is 1.65. The van der Waals surface area contributed by atoms with Crippen LogP contribution in [-0.2, 0) is 13.0 Å². The molecular weight excluding hydrogens is 556 g/mol. The number of halogens is 4. The molecule has 0 aliphatic carbocycles. The van der Waals surface area contributed by atoms with Gasteiger partial charge in [0.05, 0.1) is 27.2 Å². The van der Waals surface area contributed by atoms with Crippen LogP contribution >= 0.6 is 39.1 Å². The second-order valence-electron chi connectivity index (χ2n) is 7.85. The minimum atomic E-state index is -0.371. The van der Waals surface area contributed by atoms with Crippen molar-refractivity contribution in [2.24, 2.45) is 5.10 Å². The van der Waals surface area contributed by atoms with Gasteiger partial charge in [0.2, 0.25) is 0 Å². The third-order valence-corrected chi connectivity index (χ3v) is 6.36. The molecule has 0 saturated heterocycles. The van der Waals surface area contributed by atoms with Crippen molar-refractivity contribution in [2.45, 2.75) is 32.8 Å². The van der Waals surface area contributed by atoms with E-state index in [0.717, 1.165) is 17.3 Å². The van der Waals surface area contributed by atoms with Crippen LogP contribution in [0.1, 0.15) is 36.7 Å². The van der Waals surface area contributed by atoms with Crippen molar-refractivity contribution in [3.63, 3.8) is 0 Å². The van der Waals surface area contributed by atoms with E-state index < -0.39 is 0 Å². The molecule has 3 aromatic carbocycles. The molecule has 0 aliphatic rings. The van der Waals surface area contributed by atoms with E-state index in [4.69, 9.17) is 27.9 Å². The molecule has 0 aliphatic heterocycles. The van der Waals surface area contributed by atoms with E-state index in [1.807, 2.05) is 12.1 Å². The van der Waals surface area contributed by atoms with E-state index in [-0.39, 0.29) is 33.8 Å². The standard InChI is InChI=1S/C26H21BrCl2FN3O2/c1-2-3-8-24-32-23-10-9-18(27)13-19(23)26(34)33(24)31-14-16-11-20(28)25(21(29)12-16)35-15-17-6-4-5-7-22(17)30/h4-7,9-14H,2-3,8,15H2,1H3. The molecule has 180 valence electrons. The lowest BCUT2D eigenvalue weighted by Crippen LogP contribution is -2.22. The average molecular weight is 577 g/mol. The number of rotatable bonds is 8. The lowest BCUT2D eigenvalue weighted by molar-refractivity contribution is 0.300. The van der Waals surface area contributed by atoms with Gasteiger partial charge in [0.1, 0.15) is 18.2 Å². The van der Waals surface area contributed by atoms with Gasteiger partial charge in [-0.25, -0.2) is 9.37 Å². The van der Waals surface area contributed by atoms with Crippen LogP contribution < -0.4 is 10.3 Å². The Morgan fingerprint density at radius 2 is 1.89 bits per heavy atom. The highest BCUT2D eigenvalue weighted by Gasteiger charge is 2.13. The summed E-state index contributed by atoms with van der Waals surface area (Å²) in [5, 5.41) is 5.37. The first-order valence-electron chi connectivity index (χ1n) is 11.0. The molecule has 35 heavy (non-hydrogen) atoms. The van der Waals surface area contributed by atoms with Gasteiger partial charge in [0.15, 0.2) is 5.75 Å². The fourth-order valence-electron chi connectivity index (χ4n) is 3.49. The molecule has 0 saturated carbocycles. The van der Waals surface area contributed by atoms with Gasteiger partial charge in [-0.1, -0.05) is 70.7 Å². The lowest BCUT2D eigenvalue weighted by atomic mass is 10.2. The van der Waals surface area contributed by atoms with Crippen molar-refractivity contribution in [3.8, 4) is 5.75 Å². The third-order valence-electron chi connectivity index (χ3n) is 5.30. The highest BCUT2D eigenvalue weighted by atomic mass is 79.9. The maximum atomic E-state index is 13.9. The topological polar surface area (TPSA) is 56.5 Å². The van der Waals surface area contributed by atoms with Gasteiger partial charge >= 0.3 is 0 Å². The summed E-state index contributed by atoms with van der Waals surface area (Å²) in [6.45, 7) is 2.05. The first kappa shape index (κ1) is 25.4. The van der Waals surface area contributed by atoms with Crippen LogP contribution in [-0.4, -0.2) is 15.9 Å². The summed E-state index contributed by atoms with van der Waals surface area (Å²) in [5.74, 6) is 0.445. The van der Waals surface area contributed by atoms with E-state index in [2.05, 4.69) is 32.9 Å². The predicted octanol–water partition coefficient (Wildman–Crippen LogP) is 7.41. The van der Waals surface area contributed by atoms with Crippen LogP contribution in [0, 0.1) is 5.82 Å². The predicted molar refractivity (Wildman–Crippen MR) is 143 cm³/mol. The molecule has 0 bridgehead atoms. The van der Waals surface area contributed by atoms with E-state index in [0.29, 0.717) is 34.3 Å². The Morgan fingerprint density at radius 1 is 1.14 bits per heavy atom. The fourth-order valence-corrected chi connectivity index (χ4v) is 4.47. The minimum absolute atomic E-state index is 0.0198. The van der Waals surface area contributed by atoms with Crippen LogP contribution in [0.4, 0.5) is 4.39 Å². The molecule has 4 rings (SSSR count). The van der Waals surface area contributed by atoms with Gasteiger partial charge in [-0.2, -0.15) is 9.78 Å². The monoisotopic (exact) mass is 575 g/mol. The first-order chi connectivity index (χ1) is 16.9. The quantitative estimate of drug-likeness (QED) is 0.205. The Morgan fingerprint density at radius 3 is 2.60 bits per heavy atom. The van der Waals surface area contributed by atoms with Gasteiger partial charge in [0.25, 0.3) is 5.56 Å². The van der Waals surface area contributed by atoms with Gasteiger partial charge in [0, 0.05) is 16.5 Å². The zero-order chi connectivity index (χ0) is 24.9. The summed E-state index contributed by atoms with van der Waals surface area (Å²) in [6, 6.07) is 15.0. The number of fused-ring (bicyclic) bond motifs is 1. The number of nitrogens with zero attached hydrogens (tertiary/aromatic N) is 3. The molecule has 0 unspecified atom stereocenters. The van der Waals surface area contributed by atoms with Crippen molar-refractivity contribution >= 4 is 56.2 Å². The Hall–Kier alpha value is -2.74. The van der Waals surface area contributed by atoms with Gasteiger partial charge in [-0.15, -0.1) is 0 Å². The molecule has 1 heterocycles. The van der Waals surface area contributed by atoms with Gasteiger partial charge in [-0.3, -0.25) is 4.79 Å². The number of hydrogen-bond acceptors (Lipinski definition) is 4. The normalized spacial score (nSPS) is 11.5. The number of aryl methyl sites for hydroxylation is 1. The number of hydrogen-bond donors (Lipinski definition) is 0. The molecule has 4 aromatic rings. The van der Waals surface area contributed by atoms with Crippen molar-refractivity contribution in [2.75, 3.05) is 0 Å². The zero-order valence-electron chi connectivity index (χ0n) is 18.8. The Kier molecular flexibility index (Phi) is 8.21. The fraction of sp³-hybridized carbons (Fsp3) is 0.192. The summed E-state index contributed by atoms with van der Waals surface area (Å²) in [5.41, 5.74) is 1.32. The lowest BCUT2D eigenvalue weighted by Gasteiger charge is -2.12. The third kappa shape index (κ3) is 5.92. The number of aromatic nitrogens is 2. The number of benzene rings is 3. The van der Waals surface area contributed by atoms with Gasteiger partial charge in [-0.05, 0) is 48.4 Å². The second-order valence-corrected chi connectivity index (χ2v) is 9.58. The average Bonchev–Trinajstić information content (AvgIpc) is 2.83. The molecule has 1 aromatic heterocycles. The molecule has 5 nitrogen and oxygen atoms in total. The van der Waals surface area contributed by atoms with Crippen LogP contribution in [0.3, 0.4) is 0 Å². The molecule has 0 radical (unpaired) electrons. The molecule has 0 spiro atoms. The van der Waals surface area contributed by atoms with Gasteiger partial charge < -0.3 is 4.74 Å². The summed E-state index contributed by atoms with van der Waals surface area (Å²) in [6.07, 6.45) is 3.94. The van der Waals surface area contributed by atoms with Crippen molar-refractivity contribution < 1.29 is 9.13 Å². The molecule has 9 heteroatoms. The molecule has 0 amide bonds. The van der Waals surface area contributed by atoms with E-state index in [1.54, 1.807) is 36.4 Å². The molecule has 0 fully saturated rings. The van der Waals surface area contributed by atoms with Crippen molar-refractivity contribution in [1.29, 1.82) is 0 Å². The number of ether oxygens (including phenoxy) is 1. The molecular formula is C26H21BrCl2FN3O2. The maximum Gasteiger partial charge on any atom is 0.282 e. The largest absolute Gasteiger partial charge is 0.486 e. The van der Waals surface area contributed by atoms with Crippen LogP contribution in [0.25, 0.3) is 10.9 Å². The van der Waals surface area contributed by atoms with E-state index in [1.165, 1.54) is 17.0 Å². The highest BCUT2D eigenvalue weighted by molar-refractivity contribution is 9.10. The van der Waals surface area contributed by atoms with Crippen LogP contribution in [0.2, 0.25) is 10.0 Å². The summed E-state index contributed by atoms with van der Waals surface area (Å²) < 4.78 is 21.7. The highest BCUT2D eigenvalue weighted by Crippen LogP contribution is 2.34. The summed E-state index contributed by atoms with van der Waals surface area (Å²) >= 11 is 16.2. The second kappa shape index (κ2) is 11.3. The summed E-state index contributed by atoms with van der Waals surface area (Å²) in [7, 11) is 0. The summed E-state index contributed by atoms with van der Waals surface area (Å²) in [4.78, 5) is 17.9. The van der Waals surface area contributed by atoms with E-state index in [9.17, 15) is 9.18 Å². The van der Waals surface area contributed by atoms with Crippen LogP contribution in [0.5, 0.6) is 5.75 Å². The van der Waals surface area contributed by atoms with E-state index >= 15 is 0 Å². The molecule has 0 N–H and O–H groups in total. The van der Waals surface area contributed by atoms with Crippen molar-refractivity contribution in [3.05, 3.63) is 102 Å². The first-order valence-corrected chi connectivity index (χ1v) is 12.5. The smallest absolute Gasteiger partial charge is 0.282 e. The zero-order valence-corrected chi connectivity index (χ0v) is 21.9. The SMILES string of the molecule is CCCCc1nc2ccc(Br)cc2c(=O)n1N=Cc1cc(Cl)c(OCc2ccccc2F)c(Cl)c1. The maximum absolute atomic E-state index is 13.9.